The number of aliphatic imine (C=N–C) groups is 1. The van der Waals surface area contributed by atoms with Gasteiger partial charge in [0.1, 0.15) is 5.71 Å². The van der Waals surface area contributed by atoms with Gasteiger partial charge in [0.25, 0.3) is 0 Å². The number of ether oxygens (including phenoxy) is 1. The first-order valence-electron chi connectivity index (χ1n) is 5.52. The molecule has 0 saturated heterocycles. The van der Waals surface area contributed by atoms with E-state index in [1.807, 2.05) is 30.3 Å². The van der Waals surface area contributed by atoms with Crippen LogP contribution in [0.1, 0.15) is 12.5 Å². The van der Waals surface area contributed by atoms with E-state index in [1.165, 1.54) is 0 Å². The standard InChI is InChI=1S/C13H13NO3/c1-2-17-13-10(11(15)12(13)16)14-8-9-6-4-3-5-7-9/h3-7,13H,2,8H2,1H3/t13-/m1/s1. The third-order valence-corrected chi connectivity index (χ3v) is 2.55. The van der Waals surface area contributed by atoms with Crippen LogP contribution in [0, 0.1) is 0 Å². The van der Waals surface area contributed by atoms with Gasteiger partial charge in [0, 0.05) is 6.61 Å². The summed E-state index contributed by atoms with van der Waals surface area (Å²) in [6.07, 6.45) is -0.740. The van der Waals surface area contributed by atoms with Crippen molar-refractivity contribution in [1.82, 2.24) is 0 Å². The smallest absolute Gasteiger partial charge is 0.248 e. The molecular formula is C13H13NO3. The molecular weight excluding hydrogens is 218 g/mol. The van der Waals surface area contributed by atoms with E-state index < -0.39 is 17.7 Å². The number of hydrogen-bond donors (Lipinski definition) is 0. The van der Waals surface area contributed by atoms with E-state index in [9.17, 15) is 9.59 Å². The van der Waals surface area contributed by atoms with Crippen LogP contribution < -0.4 is 0 Å². The van der Waals surface area contributed by atoms with Crippen LogP contribution in [0.2, 0.25) is 0 Å². The second-order valence-corrected chi connectivity index (χ2v) is 3.72. The second-order valence-electron chi connectivity index (χ2n) is 3.72. The Morgan fingerprint density at radius 1 is 1.24 bits per heavy atom. The Hall–Kier alpha value is -1.81. The lowest BCUT2D eigenvalue weighted by atomic mass is 9.89. The van der Waals surface area contributed by atoms with Gasteiger partial charge in [0.05, 0.1) is 6.54 Å². The van der Waals surface area contributed by atoms with Crippen LogP contribution in [0.25, 0.3) is 0 Å². The molecule has 1 aliphatic carbocycles. The normalized spacial score (nSPS) is 21.7. The van der Waals surface area contributed by atoms with Gasteiger partial charge in [-0.3, -0.25) is 14.6 Å². The number of rotatable bonds is 4. The average molecular weight is 231 g/mol. The van der Waals surface area contributed by atoms with Crippen molar-refractivity contribution in [2.75, 3.05) is 6.61 Å². The van der Waals surface area contributed by atoms with Gasteiger partial charge in [0.2, 0.25) is 11.6 Å². The maximum atomic E-state index is 11.3. The quantitative estimate of drug-likeness (QED) is 0.731. The molecule has 0 bridgehead atoms. The Labute approximate surface area is 99.3 Å². The van der Waals surface area contributed by atoms with Crippen molar-refractivity contribution in [3.63, 3.8) is 0 Å². The molecule has 4 heteroatoms. The Bertz CT molecular complexity index is 465. The summed E-state index contributed by atoms with van der Waals surface area (Å²) >= 11 is 0. The zero-order valence-electron chi connectivity index (χ0n) is 9.55. The van der Waals surface area contributed by atoms with E-state index in [2.05, 4.69) is 4.99 Å². The lowest BCUT2D eigenvalue weighted by molar-refractivity contribution is -0.142. The molecule has 0 N–H and O–H groups in total. The highest BCUT2D eigenvalue weighted by molar-refractivity contribution is 6.79. The van der Waals surface area contributed by atoms with Crippen molar-refractivity contribution >= 4 is 17.3 Å². The number of carbonyl (C=O) groups excluding carboxylic acids is 2. The van der Waals surface area contributed by atoms with Crippen molar-refractivity contribution in [2.45, 2.75) is 19.6 Å². The van der Waals surface area contributed by atoms with E-state index in [4.69, 9.17) is 4.74 Å². The molecule has 2 rings (SSSR count). The van der Waals surface area contributed by atoms with Gasteiger partial charge in [-0.1, -0.05) is 30.3 Å². The predicted molar refractivity (Wildman–Crippen MR) is 63.0 cm³/mol. The van der Waals surface area contributed by atoms with Crippen LogP contribution in [0.4, 0.5) is 0 Å². The number of benzene rings is 1. The maximum absolute atomic E-state index is 11.3. The van der Waals surface area contributed by atoms with Gasteiger partial charge in [-0.05, 0) is 12.5 Å². The first kappa shape index (κ1) is 11.7. The van der Waals surface area contributed by atoms with Crippen molar-refractivity contribution in [2.24, 2.45) is 4.99 Å². The summed E-state index contributed by atoms with van der Waals surface area (Å²) in [6, 6.07) is 9.57. The van der Waals surface area contributed by atoms with E-state index in [1.54, 1.807) is 6.92 Å². The third kappa shape index (κ3) is 2.31. The summed E-state index contributed by atoms with van der Waals surface area (Å²) in [5, 5.41) is 0. The fraction of sp³-hybridized carbons (Fsp3) is 0.308. The predicted octanol–water partition coefficient (Wildman–Crippen LogP) is 1.18. The molecule has 1 fully saturated rings. The molecule has 0 unspecified atom stereocenters. The number of hydrogen-bond acceptors (Lipinski definition) is 4. The van der Waals surface area contributed by atoms with Crippen molar-refractivity contribution < 1.29 is 14.3 Å². The molecule has 1 atom stereocenters. The average Bonchev–Trinajstić information content (AvgIpc) is 2.38. The Morgan fingerprint density at radius 3 is 2.59 bits per heavy atom. The summed E-state index contributed by atoms with van der Waals surface area (Å²) < 4.78 is 5.16. The van der Waals surface area contributed by atoms with Crippen LogP contribution in [0.3, 0.4) is 0 Å². The Balaban J connectivity index is 2.06. The summed E-state index contributed by atoms with van der Waals surface area (Å²) in [4.78, 5) is 26.7. The number of carbonyl (C=O) groups is 2. The highest BCUT2D eigenvalue weighted by Gasteiger charge is 2.46. The van der Waals surface area contributed by atoms with Crippen LogP contribution in [-0.4, -0.2) is 30.0 Å². The van der Waals surface area contributed by atoms with Crippen LogP contribution in [-0.2, 0) is 20.9 Å². The zero-order valence-corrected chi connectivity index (χ0v) is 9.55. The zero-order chi connectivity index (χ0) is 12.3. The Kier molecular flexibility index (Phi) is 3.44. The monoisotopic (exact) mass is 231 g/mol. The first-order valence-corrected chi connectivity index (χ1v) is 5.52. The van der Waals surface area contributed by atoms with Crippen molar-refractivity contribution in [3.8, 4) is 0 Å². The fourth-order valence-electron chi connectivity index (χ4n) is 1.65. The van der Waals surface area contributed by atoms with Gasteiger partial charge < -0.3 is 4.74 Å². The molecule has 0 aromatic heterocycles. The molecule has 0 heterocycles. The van der Waals surface area contributed by atoms with Gasteiger partial charge in [-0.25, -0.2) is 0 Å². The van der Waals surface area contributed by atoms with Gasteiger partial charge in [-0.15, -0.1) is 0 Å². The molecule has 0 spiro atoms. The number of nitrogens with zero attached hydrogens (tertiary/aromatic N) is 1. The summed E-state index contributed by atoms with van der Waals surface area (Å²) in [6.45, 7) is 2.58. The minimum Gasteiger partial charge on any atom is -0.364 e. The molecule has 1 aliphatic rings. The van der Waals surface area contributed by atoms with Gasteiger partial charge in [-0.2, -0.15) is 0 Å². The topological polar surface area (TPSA) is 55.7 Å². The largest absolute Gasteiger partial charge is 0.364 e. The molecule has 1 aromatic carbocycles. The van der Waals surface area contributed by atoms with Crippen LogP contribution >= 0.6 is 0 Å². The second kappa shape index (κ2) is 5.01. The first-order chi connectivity index (χ1) is 8.24. The van der Waals surface area contributed by atoms with Gasteiger partial charge in [0.15, 0.2) is 6.10 Å². The molecule has 17 heavy (non-hydrogen) atoms. The highest BCUT2D eigenvalue weighted by atomic mass is 16.5. The van der Waals surface area contributed by atoms with Crippen molar-refractivity contribution in [3.05, 3.63) is 35.9 Å². The Morgan fingerprint density at radius 2 is 1.94 bits per heavy atom. The minimum atomic E-state index is -0.740. The summed E-state index contributed by atoms with van der Waals surface area (Å²) in [5.74, 6) is -1.00. The molecule has 1 aromatic rings. The number of Topliss-reactive ketones (excluding diaryl/α,β-unsaturated/α-hetero) is 2. The third-order valence-electron chi connectivity index (χ3n) is 2.55. The highest BCUT2D eigenvalue weighted by Crippen LogP contribution is 2.14. The molecule has 0 aliphatic heterocycles. The lowest BCUT2D eigenvalue weighted by Gasteiger charge is -2.24. The lowest BCUT2D eigenvalue weighted by Crippen LogP contribution is -2.55. The molecule has 88 valence electrons. The summed E-state index contributed by atoms with van der Waals surface area (Å²) in [5.41, 5.74) is 1.25. The van der Waals surface area contributed by atoms with Gasteiger partial charge >= 0.3 is 0 Å². The SMILES string of the molecule is CCO[C@H]1C(=O)C(=O)C1=NCc1ccccc1. The van der Waals surface area contributed by atoms with E-state index in [-0.39, 0.29) is 5.71 Å². The van der Waals surface area contributed by atoms with E-state index in [0.29, 0.717) is 13.2 Å². The van der Waals surface area contributed by atoms with E-state index in [0.717, 1.165) is 5.56 Å². The molecule has 1 saturated carbocycles. The van der Waals surface area contributed by atoms with Crippen LogP contribution in [0.5, 0.6) is 0 Å². The molecule has 0 amide bonds. The minimum absolute atomic E-state index is 0.251. The van der Waals surface area contributed by atoms with Crippen molar-refractivity contribution in [1.29, 1.82) is 0 Å². The van der Waals surface area contributed by atoms with Crippen LogP contribution in [0.15, 0.2) is 35.3 Å². The fourth-order valence-corrected chi connectivity index (χ4v) is 1.65. The van der Waals surface area contributed by atoms with E-state index >= 15 is 0 Å². The maximum Gasteiger partial charge on any atom is 0.248 e. The molecule has 4 nitrogen and oxygen atoms in total. The number of ketones is 2. The molecule has 0 radical (unpaired) electrons. The summed E-state index contributed by atoms with van der Waals surface area (Å²) in [7, 11) is 0.